The summed E-state index contributed by atoms with van der Waals surface area (Å²) in [6, 6.07) is 4.19. The highest BCUT2D eigenvalue weighted by molar-refractivity contribution is 6.33. The number of hydrogen-bond donors (Lipinski definition) is 1. The Labute approximate surface area is 102 Å². The summed E-state index contributed by atoms with van der Waals surface area (Å²) in [4.78, 5) is 0. The van der Waals surface area contributed by atoms with E-state index in [1.165, 1.54) is 0 Å². The monoisotopic (exact) mass is 271 g/mol. The van der Waals surface area contributed by atoms with Crippen LogP contribution in [0.3, 0.4) is 0 Å². The quantitative estimate of drug-likeness (QED) is 0.869. The molecule has 0 saturated carbocycles. The largest absolute Gasteiger partial charge is 0.401 e. The lowest BCUT2D eigenvalue weighted by molar-refractivity contribution is -0.126. The van der Waals surface area contributed by atoms with Crippen LogP contribution in [-0.2, 0) is 0 Å². The summed E-state index contributed by atoms with van der Waals surface area (Å²) in [6.45, 7) is 0.542. The first-order valence-corrected chi connectivity index (χ1v) is 5.30. The summed E-state index contributed by atoms with van der Waals surface area (Å²) in [6.07, 6.45) is -4.24. The zero-order chi connectivity index (χ0) is 12.3. The first-order valence-electron chi connectivity index (χ1n) is 4.54. The second-order valence-electron chi connectivity index (χ2n) is 3.38. The Morgan fingerprint density at radius 1 is 1.31 bits per heavy atom. The lowest BCUT2D eigenvalue weighted by atomic mass is 10.1. The van der Waals surface area contributed by atoms with Gasteiger partial charge in [-0.05, 0) is 30.7 Å². The minimum Gasteiger partial charge on any atom is -0.302 e. The van der Waals surface area contributed by atoms with Crippen LogP contribution in [0.1, 0.15) is 18.5 Å². The van der Waals surface area contributed by atoms with Crippen LogP contribution in [0.25, 0.3) is 0 Å². The third kappa shape index (κ3) is 4.20. The van der Waals surface area contributed by atoms with E-state index in [0.717, 1.165) is 0 Å². The molecule has 0 aromatic heterocycles. The van der Waals surface area contributed by atoms with Crippen LogP contribution in [0.4, 0.5) is 13.2 Å². The molecule has 1 unspecified atom stereocenters. The second kappa shape index (κ2) is 5.25. The van der Waals surface area contributed by atoms with Crippen molar-refractivity contribution in [1.82, 2.24) is 5.32 Å². The molecule has 6 heteroatoms. The smallest absolute Gasteiger partial charge is 0.302 e. The predicted octanol–water partition coefficient (Wildman–Crippen LogP) is 4.21. The average Bonchev–Trinajstić information content (AvgIpc) is 2.17. The Balaban J connectivity index is 2.73. The van der Waals surface area contributed by atoms with Crippen molar-refractivity contribution in [1.29, 1.82) is 0 Å². The molecule has 0 fully saturated rings. The molecule has 0 aliphatic carbocycles. The van der Waals surface area contributed by atoms with Crippen molar-refractivity contribution < 1.29 is 13.2 Å². The van der Waals surface area contributed by atoms with Gasteiger partial charge in [0.15, 0.2) is 0 Å². The number of alkyl halides is 3. The fourth-order valence-corrected chi connectivity index (χ4v) is 1.69. The number of rotatable bonds is 3. The number of halogens is 5. The second-order valence-corrected chi connectivity index (χ2v) is 4.23. The summed E-state index contributed by atoms with van der Waals surface area (Å²) in [5.41, 5.74) is 0.554. The molecule has 1 atom stereocenters. The minimum absolute atomic E-state index is 0.395. The molecule has 1 nitrogen and oxygen atoms in total. The standard InChI is InChI=1S/C10H10Cl2F3N/c1-6(16-5-10(13,14)15)8-4-7(11)2-3-9(8)12/h2-4,6,16H,5H2,1H3. The van der Waals surface area contributed by atoms with Crippen molar-refractivity contribution in [3.63, 3.8) is 0 Å². The van der Waals surface area contributed by atoms with Gasteiger partial charge in [0.1, 0.15) is 0 Å². The maximum atomic E-state index is 12.0. The number of nitrogens with one attached hydrogen (secondary N) is 1. The van der Waals surface area contributed by atoms with Crippen LogP contribution in [-0.4, -0.2) is 12.7 Å². The Morgan fingerprint density at radius 3 is 2.50 bits per heavy atom. The van der Waals surface area contributed by atoms with Crippen LogP contribution in [0.15, 0.2) is 18.2 Å². The fraction of sp³-hybridized carbons (Fsp3) is 0.400. The molecule has 0 aliphatic rings. The Kier molecular flexibility index (Phi) is 4.47. The summed E-state index contributed by atoms with van der Waals surface area (Å²) < 4.78 is 36.0. The van der Waals surface area contributed by atoms with Gasteiger partial charge in [-0.15, -0.1) is 0 Å². The van der Waals surface area contributed by atoms with E-state index in [-0.39, 0.29) is 0 Å². The number of benzene rings is 1. The molecule has 1 N–H and O–H groups in total. The Hall–Kier alpha value is -0.450. The van der Waals surface area contributed by atoms with Crippen molar-refractivity contribution >= 4 is 23.2 Å². The summed E-state index contributed by atoms with van der Waals surface area (Å²) in [5, 5.41) is 3.18. The molecule has 90 valence electrons. The van der Waals surface area contributed by atoms with E-state index in [0.29, 0.717) is 15.6 Å². The molecule has 16 heavy (non-hydrogen) atoms. The van der Waals surface area contributed by atoms with E-state index in [1.807, 2.05) is 0 Å². The van der Waals surface area contributed by atoms with Gasteiger partial charge in [0, 0.05) is 16.1 Å². The Bertz CT molecular complexity index is 366. The molecular formula is C10H10Cl2F3N. The molecule has 1 aromatic rings. The van der Waals surface area contributed by atoms with E-state index in [4.69, 9.17) is 23.2 Å². The van der Waals surface area contributed by atoms with E-state index in [2.05, 4.69) is 5.32 Å². The van der Waals surface area contributed by atoms with Gasteiger partial charge in [-0.1, -0.05) is 23.2 Å². The lowest BCUT2D eigenvalue weighted by Gasteiger charge is -2.17. The molecule has 0 aliphatic heterocycles. The van der Waals surface area contributed by atoms with E-state index >= 15 is 0 Å². The molecule has 0 bridgehead atoms. The van der Waals surface area contributed by atoms with Gasteiger partial charge in [-0.25, -0.2) is 0 Å². The molecule has 0 spiro atoms. The molecule has 0 saturated heterocycles. The Morgan fingerprint density at radius 2 is 1.94 bits per heavy atom. The van der Waals surface area contributed by atoms with Crippen molar-refractivity contribution in [2.24, 2.45) is 0 Å². The lowest BCUT2D eigenvalue weighted by Crippen LogP contribution is -2.30. The van der Waals surface area contributed by atoms with Crippen molar-refractivity contribution in [3.8, 4) is 0 Å². The maximum absolute atomic E-state index is 12.0. The molecule has 0 heterocycles. The number of hydrogen-bond acceptors (Lipinski definition) is 1. The summed E-state index contributed by atoms with van der Waals surface area (Å²) in [7, 11) is 0. The third-order valence-corrected chi connectivity index (χ3v) is 2.61. The van der Waals surface area contributed by atoms with E-state index in [9.17, 15) is 13.2 Å². The van der Waals surface area contributed by atoms with Gasteiger partial charge in [-0.2, -0.15) is 13.2 Å². The zero-order valence-corrected chi connectivity index (χ0v) is 9.92. The molecular weight excluding hydrogens is 262 g/mol. The third-order valence-electron chi connectivity index (χ3n) is 2.03. The molecule has 0 amide bonds. The van der Waals surface area contributed by atoms with Gasteiger partial charge in [0.2, 0.25) is 0 Å². The molecule has 0 radical (unpaired) electrons. The van der Waals surface area contributed by atoms with Gasteiger partial charge in [-0.3, -0.25) is 0 Å². The average molecular weight is 272 g/mol. The first kappa shape index (κ1) is 13.6. The van der Waals surface area contributed by atoms with Gasteiger partial charge >= 0.3 is 6.18 Å². The highest BCUT2D eigenvalue weighted by atomic mass is 35.5. The predicted molar refractivity (Wildman–Crippen MR) is 58.9 cm³/mol. The van der Waals surface area contributed by atoms with Crippen LogP contribution < -0.4 is 5.32 Å². The SMILES string of the molecule is CC(NCC(F)(F)F)c1cc(Cl)ccc1Cl. The minimum atomic E-state index is -4.24. The summed E-state index contributed by atoms with van der Waals surface area (Å²) >= 11 is 11.6. The van der Waals surface area contributed by atoms with Crippen molar-refractivity contribution in [2.75, 3.05) is 6.54 Å². The topological polar surface area (TPSA) is 12.0 Å². The van der Waals surface area contributed by atoms with Gasteiger partial charge < -0.3 is 5.32 Å². The fourth-order valence-electron chi connectivity index (χ4n) is 1.23. The van der Waals surface area contributed by atoms with E-state index < -0.39 is 18.8 Å². The highest BCUT2D eigenvalue weighted by Crippen LogP contribution is 2.26. The molecule has 1 aromatic carbocycles. The van der Waals surface area contributed by atoms with Crippen LogP contribution in [0.5, 0.6) is 0 Å². The van der Waals surface area contributed by atoms with Crippen LogP contribution in [0, 0.1) is 0 Å². The normalized spacial score (nSPS) is 13.9. The first-order chi connectivity index (χ1) is 7.29. The van der Waals surface area contributed by atoms with Gasteiger partial charge in [0.25, 0.3) is 0 Å². The van der Waals surface area contributed by atoms with E-state index in [1.54, 1.807) is 25.1 Å². The molecule has 1 rings (SSSR count). The maximum Gasteiger partial charge on any atom is 0.401 e. The van der Waals surface area contributed by atoms with Crippen molar-refractivity contribution in [2.45, 2.75) is 19.1 Å². The highest BCUT2D eigenvalue weighted by Gasteiger charge is 2.27. The van der Waals surface area contributed by atoms with Crippen LogP contribution in [0.2, 0.25) is 10.0 Å². The zero-order valence-electron chi connectivity index (χ0n) is 8.41. The van der Waals surface area contributed by atoms with Crippen LogP contribution >= 0.6 is 23.2 Å². The van der Waals surface area contributed by atoms with Crippen molar-refractivity contribution in [3.05, 3.63) is 33.8 Å². The summed E-state index contributed by atoms with van der Waals surface area (Å²) in [5.74, 6) is 0. The van der Waals surface area contributed by atoms with Gasteiger partial charge in [0.05, 0.1) is 6.54 Å².